The maximum absolute atomic E-state index is 10.3. The average molecular weight is 190 g/mol. The Labute approximate surface area is 85.8 Å². The zero-order valence-electron chi connectivity index (χ0n) is 8.90. The van der Waals surface area contributed by atoms with Crippen LogP contribution in [0.3, 0.4) is 0 Å². The van der Waals surface area contributed by atoms with E-state index in [4.69, 9.17) is 0 Å². The largest absolute Gasteiger partial charge is 0.388 e. The highest BCUT2D eigenvalue weighted by molar-refractivity contribution is 5.22. The molecule has 1 aromatic carbocycles. The molecule has 1 fully saturated rings. The first-order chi connectivity index (χ1) is 6.67. The van der Waals surface area contributed by atoms with Gasteiger partial charge in [-0.1, -0.05) is 44.2 Å². The summed E-state index contributed by atoms with van der Waals surface area (Å²) in [6, 6.07) is 10.0. The van der Waals surface area contributed by atoms with Crippen molar-refractivity contribution in [2.45, 2.75) is 32.8 Å². The van der Waals surface area contributed by atoms with Gasteiger partial charge in [0, 0.05) is 5.41 Å². The van der Waals surface area contributed by atoms with E-state index in [0.717, 1.165) is 5.56 Å². The lowest BCUT2D eigenvalue weighted by Crippen LogP contribution is -2.19. The summed E-state index contributed by atoms with van der Waals surface area (Å²) in [6.07, 6.45) is 2.06. The van der Waals surface area contributed by atoms with Crippen LogP contribution in [-0.4, -0.2) is 5.11 Å². The lowest BCUT2D eigenvalue weighted by atomic mass is 9.83. The van der Waals surface area contributed by atoms with Gasteiger partial charge in [0.2, 0.25) is 0 Å². The fraction of sp³-hybridized carbons (Fsp3) is 0.538. The van der Waals surface area contributed by atoms with E-state index in [-0.39, 0.29) is 11.5 Å². The van der Waals surface area contributed by atoms with Crippen molar-refractivity contribution in [3.8, 4) is 0 Å². The van der Waals surface area contributed by atoms with Crippen molar-refractivity contribution in [2.24, 2.45) is 11.3 Å². The molecule has 0 saturated heterocycles. The molecule has 76 valence electrons. The van der Waals surface area contributed by atoms with Crippen LogP contribution < -0.4 is 0 Å². The van der Waals surface area contributed by atoms with E-state index in [1.165, 1.54) is 12.8 Å². The lowest BCUT2D eigenvalue weighted by Gasteiger charge is -2.26. The number of rotatable bonds is 3. The van der Waals surface area contributed by atoms with E-state index in [2.05, 4.69) is 13.8 Å². The van der Waals surface area contributed by atoms with Crippen molar-refractivity contribution < 1.29 is 5.11 Å². The highest BCUT2D eigenvalue weighted by atomic mass is 16.3. The minimum atomic E-state index is -0.274. The maximum atomic E-state index is 10.3. The zero-order valence-corrected chi connectivity index (χ0v) is 8.90. The minimum absolute atomic E-state index is 0.168. The molecule has 0 aromatic heterocycles. The molecule has 0 heterocycles. The summed E-state index contributed by atoms with van der Waals surface area (Å²) in [7, 11) is 0. The van der Waals surface area contributed by atoms with Crippen molar-refractivity contribution in [3.63, 3.8) is 0 Å². The molecule has 1 heteroatoms. The Morgan fingerprint density at radius 2 is 1.71 bits per heavy atom. The highest BCUT2D eigenvalue weighted by Crippen LogP contribution is 2.59. The summed E-state index contributed by atoms with van der Waals surface area (Å²) in [6.45, 7) is 4.42. The Bertz CT molecular complexity index is 298. The summed E-state index contributed by atoms with van der Waals surface area (Å²) in [5, 5.41) is 10.3. The molecular formula is C13H18O. The molecule has 0 radical (unpaired) electrons. The van der Waals surface area contributed by atoms with Crippen molar-refractivity contribution in [3.05, 3.63) is 35.9 Å². The Kier molecular flexibility index (Phi) is 2.36. The maximum Gasteiger partial charge on any atom is 0.0848 e. The molecule has 1 atom stereocenters. The number of aliphatic hydroxyl groups excluding tert-OH is 1. The topological polar surface area (TPSA) is 20.2 Å². The van der Waals surface area contributed by atoms with Crippen molar-refractivity contribution in [1.29, 1.82) is 0 Å². The molecule has 1 nitrogen and oxygen atoms in total. The third kappa shape index (κ3) is 1.46. The standard InChI is InChI=1S/C13H18O/c1-10(2)13(8-9-13)12(14)11-6-4-3-5-7-11/h3-7,10,12,14H,8-9H2,1-2H3. The lowest BCUT2D eigenvalue weighted by molar-refractivity contribution is 0.0634. The second kappa shape index (κ2) is 3.39. The molecular weight excluding hydrogens is 172 g/mol. The zero-order chi connectivity index (χ0) is 10.2. The predicted molar refractivity (Wildman–Crippen MR) is 57.9 cm³/mol. The molecule has 0 amide bonds. The van der Waals surface area contributed by atoms with Gasteiger partial charge in [-0.15, -0.1) is 0 Å². The normalized spacial score (nSPS) is 20.9. The molecule has 1 saturated carbocycles. The van der Waals surface area contributed by atoms with Crippen LogP contribution in [0.4, 0.5) is 0 Å². The minimum Gasteiger partial charge on any atom is -0.388 e. The van der Waals surface area contributed by atoms with Gasteiger partial charge in [0.25, 0.3) is 0 Å². The molecule has 14 heavy (non-hydrogen) atoms. The quantitative estimate of drug-likeness (QED) is 0.776. The molecule has 1 aromatic rings. The predicted octanol–water partition coefficient (Wildman–Crippen LogP) is 3.16. The van der Waals surface area contributed by atoms with Crippen LogP contribution >= 0.6 is 0 Å². The smallest absolute Gasteiger partial charge is 0.0848 e. The number of benzene rings is 1. The van der Waals surface area contributed by atoms with Crippen LogP contribution in [0.25, 0.3) is 0 Å². The second-order valence-electron chi connectivity index (χ2n) is 4.70. The third-order valence-electron chi connectivity index (χ3n) is 3.64. The van der Waals surface area contributed by atoms with Gasteiger partial charge in [-0.3, -0.25) is 0 Å². The molecule has 1 N–H and O–H groups in total. The molecule has 0 spiro atoms. The fourth-order valence-electron chi connectivity index (χ4n) is 2.28. The van der Waals surface area contributed by atoms with Gasteiger partial charge < -0.3 is 5.11 Å². The van der Waals surface area contributed by atoms with E-state index in [0.29, 0.717) is 5.92 Å². The van der Waals surface area contributed by atoms with E-state index in [9.17, 15) is 5.11 Å². The first kappa shape index (κ1) is 9.72. The molecule has 1 aliphatic rings. The van der Waals surface area contributed by atoms with Gasteiger partial charge in [0.05, 0.1) is 6.10 Å². The molecule has 2 rings (SSSR count). The molecule has 1 aliphatic carbocycles. The van der Waals surface area contributed by atoms with Gasteiger partial charge in [-0.25, -0.2) is 0 Å². The molecule has 1 unspecified atom stereocenters. The first-order valence-corrected chi connectivity index (χ1v) is 5.40. The number of hydrogen-bond donors (Lipinski definition) is 1. The van der Waals surface area contributed by atoms with E-state index in [1.54, 1.807) is 0 Å². The van der Waals surface area contributed by atoms with Gasteiger partial charge in [0.15, 0.2) is 0 Å². The Balaban J connectivity index is 2.21. The van der Waals surface area contributed by atoms with Crippen LogP contribution in [0.5, 0.6) is 0 Å². The van der Waals surface area contributed by atoms with Gasteiger partial charge in [0.1, 0.15) is 0 Å². The van der Waals surface area contributed by atoms with Crippen LogP contribution in [0.15, 0.2) is 30.3 Å². The van der Waals surface area contributed by atoms with Crippen LogP contribution in [0.2, 0.25) is 0 Å². The van der Waals surface area contributed by atoms with Crippen LogP contribution in [-0.2, 0) is 0 Å². The first-order valence-electron chi connectivity index (χ1n) is 5.40. The highest BCUT2D eigenvalue weighted by Gasteiger charge is 2.51. The van der Waals surface area contributed by atoms with Crippen LogP contribution in [0.1, 0.15) is 38.4 Å². The van der Waals surface area contributed by atoms with Crippen molar-refractivity contribution in [2.75, 3.05) is 0 Å². The summed E-state index contributed by atoms with van der Waals surface area (Å²) in [5.74, 6) is 0.567. The van der Waals surface area contributed by atoms with E-state index < -0.39 is 0 Å². The Hall–Kier alpha value is -0.820. The molecule has 0 aliphatic heterocycles. The fourth-order valence-corrected chi connectivity index (χ4v) is 2.28. The number of aliphatic hydroxyl groups is 1. The van der Waals surface area contributed by atoms with Crippen LogP contribution in [0, 0.1) is 11.3 Å². The second-order valence-corrected chi connectivity index (χ2v) is 4.70. The Morgan fingerprint density at radius 3 is 2.14 bits per heavy atom. The van der Waals surface area contributed by atoms with Crippen molar-refractivity contribution >= 4 is 0 Å². The monoisotopic (exact) mass is 190 g/mol. The average Bonchev–Trinajstić information content (AvgIpc) is 2.99. The molecule has 0 bridgehead atoms. The van der Waals surface area contributed by atoms with E-state index in [1.807, 2.05) is 30.3 Å². The summed E-state index contributed by atoms with van der Waals surface area (Å²) in [5.41, 5.74) is 1.24. The van der Waals surface area contributed by atoms with E-state index >= 15 is 0 Å². The third-order valence-corrected chi connectivity index (χ3v) is 3.64. The van der Waals surface area contributed by atoms with Crippen molar-refractivity contribution in [1.82, 2.24) is 0 Å². The Morgan fingerprint density at radius 1 is 1.14 bits per heavy atom. The van der Waals surface area contributed by atoms with Gasteiger partial charge >= 0.3 is 0 Å². The number of hydrogen-bond acceptors (Lipinski definition) is 1. The summed E-state index contributed by atoms with van der Waals surface area (Å²) in [4.78, 5) is 0. The van der Waals surface area contributed by atoms with Gasteiger partial charge in [-0.2, -0.15) is 0 Å². The van der Waals surface area contributed by atoms with Gasteiger partial charge in [-0.05, 0) is 24.3 Å². The SMILES string of the molecule is CC(C)C1(C(O)c2ccccc2)CC1. The summed E-state index contributed by atoms with van der Waals surface area (Å²) >= 11 is 0. The summed E-state index contributed by atoms with van der Waals surface area (Å²) < 4.78 is 0.